The molecule has 0 aliphatic carbocycles. The Balaban J connectivity index is 1.87. The number of likely N-dealkylation sites (tertiary alicyclic amines) is 1. The van der Waals surface area contributed by atoms with E-state index in [9.17, 15) is 4.79 Å². The first-order valence-electron chi connectivity index (χ1n) is 6.87. The van der Waals surface area contributed by atoms with Gasteiger partial charge in [-0.15, -0.1) is 0 Å². The summed E-state index contributed by atoms with van der Waals surface area (Å²) in [4.78, 5) is 14.2. The van der Waals surface area contributed by atoms with Crippen LogP contribution in [0.3, 0.4) is 0 Å². The summed E-state index contributed by atoms with van der Waals surface area (Å²) >= 11 is 0. The van der Waals surface area contributed by atoms with E-state index in [0.717, 1.165) is 30.8 Å². The summed E-state index contributed by atoms with van der Waals surface area (Å²) in [5.41, 5.74) is 8.00. The lowest BCUT2D eigenvalue weighted by Crippen LogP contribution is -2.48. The number of anilines is 1. The van der Waals surface area contributed by atoms with E-state index in [4.69, 9.17) is 5.73 Å². The Bertz CT molecular complexity index is 437. The van der Waals surface area contributed by atoms with Crippen LogP contribution >= 0.6 is 0 Å². The maximum Gasteiger partial charge on any atom is 0.238 e. The van der Waals surface area contributed by atoms with Crippen LogP contribution in [0.25, 0.3) is 0 Å². The molecule has 3 N–H and O–H groups in total. The molecule has 1 saturated heterocycles. The van der Waals surface area contributed by atoms with Crippen LogP contribution in [-0.2, 0) is 4.79 Å². The van der Waals surface area contributed by atoms with Crippen LogP contribution in [0.2, 0.25) is 0 Å². The van der Waals surface area contributed by atoms with Gasteiger partial charge >= 0.3 is 0 Å². The summed E-state index contributed by atoms with van der Waals surface area (Å²) in [6.07, 6.45) is 1.05. The number of carbonyl (C=O) groups is 1. The van der Waals surface area contributed by atoms with Crippen LogP contribution in [0.15, 0.2) is 24.3 Å². The highest BCUT2D eigenvalue weighted by atomic mass is 16.2. The first kappa shape index (κ1) is 14.0. The third kappa shape index (κ3) is 4.33. The molecule has 0 spiro atoms. The van der Waals surface area contributed by atoms with E-state index in [1.807, 2.05) is 31.2 Å². The van der Waals surface area contributed by atoms with Gasteiger partial charge in [0.2, 0.25) is 5.91 Å². The quantitative estimate of drug-likeness (QED) is 0.869. The van der Waals surface area contributed by atoms with Gasteiger partial charge in [-0.2, -0.15) is 0 Å². The van der Waals surface area contributed by atoms with Gasteiger partial charge in [-0.1, -0.05) is 19.1 Å². The number of piperidine rings is 1. The third-order valence-electron chi connectivity index (χ3n) is 3.44. The fourth-order valence-corrected chi connectivity index (χ4v) is 2.77. The topological polar surface area (TPSA) is 58.4 Å². The molecule has 2 rings (SSSR count). The van der Waals surface area contributed by atoms with E-state index in [1.165, 1.54) is 0 Å². The SMILES string of the molecule is Cc1cccc(NC(=O)CN2CC(C)CC(N)C2)c1. The zero-order valence-corrected chi connectivity index (χ0v) is 11.7. The Morgan fingerprint density at radius 3 is 2.95 bits per heavy atom. The van der Waals surface area contributed by atoms with E-state index in [0.29, 0.717) is 12.5 Å². The zero-order chi connectivity index (χ0) is 13.8. The number of hydrogen-bond donors (Lipinski definition) is 2. The first-order chi connectivity index (χ1) is 9.02. The smallest absolute Gasteiger partial charge is 0.238 e. The first-order valence-corrected chi connectivity index (χ1v) is 6.87. The molecule has 0 bridgehead atoms. The number of nitrogens with one attached hydrogen (secondary N) is 1. The molecule has 1 aromatic rings. The summed E-state index contributed by atoms with van der Waals surface area (Å²) in [5.74, 6) is 0.599. The van der Waals surface area contributed by atoms with Crippen molar-refractivity contribution in [1.82, 2.24) is 4.90 Å². The fraction of sp³-hybridized carbons (Fsp3) is 0.533. The Morgan fingerprint density at radius 1 is 1.47 bits per heavy atom. The van der Waals surface area contributed by atoms with Crippen LogP contribution in [0.4, 0.5) is 5.69 Å². The number of nitrogens with zero attached hydrogens (tertiary/aromatic N) is 1. The fourth-order valence-electron chi connectivity index (χ4n) is 2.77. The van der Waals surface area contributed by atoms with E-state index < -0.39 is 0 Å². The maximum absolute atomic E-state index is 12.0. The number of rotatable bonds is 3. The molecule has 4 heteroatoms. The van der Waals surface area contributed by atoms with E-state index >= 15 is 0 Å². The summed E-state index contributed by atoms with van der Waals surface area (Å²) in [7, 11) is 0. The molecule has 1 fully saturated rings. The Morgan fingerprint density at radius 2 is 2.26 bits per heavy atom. The lowest BCUT2D eigenvalue weighted by molar-refractivity contribution is -0.117. The van der Waals surface area contributed by atoms with Gasteiger partial charge in [0.05, 0.1) is 6.54 Å². The normalized spacial score (nSPS) is 24.2. The van der Waals surface area contributed by atoms with Crippen LogP contribution in [0.5, 0.6) is 0 Å². The highest BCUT2D eigenvalue weighted by molar-refractivity contribution is 5.92. The standard InChI is InChI=1S/C15H23N3O/c1-11-4-3-5-14(7-11)17-15(19)10-18-8-12(2)6-13(16)9-18/h3-5,7,12-13H,6,8-10,16H2,1-2H3,(H,17,19). The molecule has 1 aliphatic heterocycles. The highest BCUT2D eigenvalue weighted by Gasteiger charge is 2.23. The van der Waals surface area contributed by atoms with Crippen molar-refractivity contribution in [2.45, 2.75) is 26.3 Å². The van der Waals surface area contributed by atoms with Crippen molar-refractivity contribution < 1.29 is 4.79 Å². The van der Waals surface area contributed by atoms with Gasteiger partial charge in [-0.3, -0.25) is 9.69 Å². The summed E-state index contributed by atoms with van der Waals surface area (Å²) in [6, 6.07) is 8.04. The minimum atomic E-state index is 0.0342. The minimum absolute atomic E-state index is 0.0342. The molecule has 1 aliphatic rings. The van der Waals surface area contributed by atoms with E-state index in [1.54, 1.807) is 0 Å². The third-order valence-corrected chi connectivity index (χ3v) is 3.44. The average Bonchev–Trinajstić information content (AvgIpc) is 2.26. The number of nitrogens with two attached hydrogens (primary N) is 1. The van der Waals surface area contributed by atoms with Gasteiger partial charge in [0.15, 0.2) is 0 Å². The number of amides is 1. The summed E-state index contributed by atoms with van der Waals surface area (Å²) in [5, 5.41) is 2.94. The van der Waals surface area contributed by atoms with Crippen molar-refractivity contribution in [3.05, 3.63) is 29.8 Å². The highest BCUT2D eigenvalue weighted by Crippen LogP contribution is 2.15. The number of benzene rings is 1. The largest absolute Gasteiger partial charge is 0.327 e. The van der Waals surface area contributed by atoms with Crippen LogP contribution in [-0.4, -0.2) is 36.5 Å². The zero-order valence-electron chi connectivity index (χ0n) is 11.7. The lowest BCUT2D eigenvalue weighted by Gasteiger charge is -2.34. The summed E-state index contributed by atoms with van der Waals surface area (Å²) in [6.45, 7) is 6.39. The second-order valence-electron chi connectivity index (χ2n) is 5.71. The number of aryl methyl sites for hydroxylation is 1. The molecule has 0 saturated carbocycles. The predicted octanol–water partition coefficient (Wildman–Crippen LogP) is 1.60. The molecule has 1 amide bonds. The average molecular weight is 261 g/mol. The van der Waals surface area contributed by atoms with E-state index in [-0.39, 0.29) is 11.9 Å². The van der Waals surface area contributed by atoms with Crippen molar-refractivity contribution in [3.63, 3.8) is 0 Å². The predicted molar refractivity (Wildman–Crippen MR) is 78.0 cm³/mol. The molecule has 1 heterocycles. The molecule has 0 aromatic heterocycles. The number of hydrogen-bond acceptors (Lipinski definition) is 3. The van der Waals surface area contributed by atoms with E-state index in [2.05, 4.69) is 17.1 Å². The molecular formula is C15H23N3O. The Labute approximate surface area is 115 Å². The van der Waals surface area contributed by atoms with Crippen LogP contribution < -0.4 is 11.1 Å². The molecule has 19 heavy (non-hydrogen) atoms. The molecule has 2 atom stereocenters. The molecule has 4 nitrogen and oxygen atoms in total. The van der Waals surface area contributed by atoms with Gasteiger partial charge in [0.1, 0.15) is 0 Å². The number of carbonyl (C=O) groups excluding carboxylic acids is 1. The van der Waals surface area contributed by atoms with Crippen molar-refractivity contribution >= 4 is 11.6 Å². The van der Waals surface area contributed by atoms with Gasteiger partial charge in [-0.05, 0) is 37.0 Å². The van der Waals surface area contributed by atoms with Crippen molar-refractivity contribution in [2.24, 2.45) is 11.7 Å². The van der Waals surface area contributed by atoms with Gasteiger partial charge in [0.25, 0.3) is 0 Å². The monoisotopic (exact) mass is 261 g/mol. The second kappa shape index (κ2) is 6.17. The van der Waals surface area contributed by atoms with Crippen LogP contribution in [0, 0.1) is 12.8 Å². The molecule has 104 valence electrons. The van der Waals surface area contributed by atoms with Gasteiger partial charge in [0, 0.05) is 24.8 Å². The van der Waals surface area contributed by atoms with Gasteiger partial charge < -0.3 is 11.1 Å². The summed E-state index contributed by atoms with van der Waals surface area (Å²) < 4.78 is 0. The van der Waals surface area contributed by atoms with Crippen molar-refractivity contribution in [3.8, 4) is 0 Å². The second-order valence-corrected chi connectivity index (χ2v) is 5.71. The lowest BCUT2D eigenvalue weighted by atomic mass is 9.97. The molecule has 1 aromatic carbocycles. The minimum Gasteiger partial charge on any atom is -0.327 e. The van der Waals surface area contributed by atoms with Gasteiger partial charge in [-0.25, -0.2) is 0 Å². The maximum atomic E-state index is 12.0. The molecule has 2 unspecified atom stereocenters. The van der Waals surface area contributed by atoms with Crippen LogP contribution in [0.1, 0.15) is 18.9 Å². The Hall–Kier alpha value is -1.39. The van der Waals surface area contributed by atoms with Crippen molar-refractivity contribution in [1.29, 1.82) is 0 Å². The molecular weight excluding hydrogens is 238 g/mol. The Kier molecular flexibility index (Phi) is 4.56. The van der Waals surface area contributed by atoms with Crippen molar-refractivity contribution in [2.75, 3.05) is 25.0 Å². The molecule has 0 radical (unpaired) electrons.